The van der Waals surface area contributed by atoms with Crippen molar-refractivity contribution in [1.29, 1.82) is 0 Å². The summed E-state index contributed by atoms with van der Waals surface area (Å²) in [5.41, 5.74) is 2.30. The van der Waals surface area contributed by atoms with E-state index in [1.807, 2.05) is 30.5 Å². The van der Waals surface area contributed by atoms with Gasteiger partial charge in [0.05, 0.1) is 13.7 Å². The number of nitrogens with one attached hydrogen (secondary N) is 1. The Bertz CT molecular complexity index is 838. The number of likely N-dealkylation sites (N-methyl/N-ethyl adjacent to an activating group) is 1. The Morgan fingerprint density at radius 1 is 1.19 bits per heavy atom. The molecule has 0 saturated carbocycles. The number of anilines is 1. The number of methoxy groups -OCH3 is 1. The fraction of sp³-hybridized carbons (Fsp3) is 0.478. The summed E-state index contributed by atoms with van der Waals surface area (Å²) in [5.74, 6) is 2.82. The number of aliphatic imine (C=N–C) groups is 1. The number of piperazine rings is 1. The highest BCUT2D eigenvalue weighted by molar-refractivity contribution is 14.0. The van der Waals surface area contributed by atoms with Crippen LogP contribution in [0.5, 0.6) is 5.75 Å². The molecule has 0 unspecified atom stereocenters. The first-order valence-electron chi connectivity index (χ1n) is 10.6. The molecule has 1 N–H and O–H groups in total. The summed E-state index contributed by atoms with van der Waals surface area (Å²) in [4.78, 5) is 16.3. The lowest BCUT2D eigenvalue weighted by Crippen LogP contribution is -2.44. The van der Waals surface area contributed by atoms with Crippen molar-refractivity contribution in [3.05, 3.63) is 53.7 Å². The summed E-state index contributed by atoms with van der Waals surface area (Å²) in [5, 5.41) is 3.40. The highest BCUT2D eigenvalue weighted by Crippen LogP contribution is 2.19. The van der Waals surface area contributed by atoms with Gasteiger partial charge in [0, 0.05) is 58.1 Å². The highest BCUT2D eigenvalue weighted by atomic mass is 127. The quantitative estimate of drug-likeness (QED) is 0.333. The first-order valence-corrected chi connectivity index (χ1v) is 10.6. The largest absolute Gasteiger partial charge is 0.496 e. The average Bonchev–Trinajstić information content (AvgIpc) is 2.77. The van der Waals surface area contributed by atoms with Crippen LogP contribution in [0.4, 0.5) is 5.82 Å². The van der Waals surface area contributed by atoms with Gasteiger partial charge in [-0.3, -0.25) is 0 Å². The molecule has 31 heavy (non-hydrogen) atoms. The number of pyridine rings is 1. The van der Waals surface area contributed by atoms with E-state index in [4.69, 9.17) is 9.73 Å². The maximum atomic E-state index is 5.49. The minimum Gasteiger partial charge on any atom is -0.496 e. The molecule has 1 saturated heterocycles. The van der Waals surface area contributed by atoms with Crippen molar-refractivity contribution in [1.82, 2.24) is 20.1 Å². The van der Waals surface area contributed by atoms with Crippen molar-refractivity contribution in [2.45, 2.75) is 20.0 Å². The molecular weight excluding hydrogens is 503 g/mol. The normalized spacial score (nSPS) is 14.7. The molecule has 2 heterocycles. The fourth-order valence-corrected chi connectivity index (χ4v) is 3.57. The maximum Gasteiger partial charge on any atom is 0.194 e. The molecule has 1 aromatic carbocycles. The van der Waals surface area contributed by atoms with Gasteiger partial charge in [-0.1, -0.05) is 18.2 Å². The average molecular weight is 538 g/mol. The van der Waals surface area contributed by atoms with Gasteiger partial charge in [-0.05, 0) is 37.7 Å². The fourth-order valence-electron chi connectivity index (χ4n) is 3.57. The van der Waals surface area contributed by atoms with Crippen LogP contribution in [0.25, 0.3) is 0 Å². The second-order valence-electron chi connectivity index (χ2n) is 7.65. The van der Waals surface area contributed by atoms with Crippen LogP contribution in [-0.4, -0.2) is 74.7 Å². The van der Waals surface area contributed by atoms with Crippen molar-refractivity contribution >= 4 is 35.8 Å². The van der Waals surface area contributed by atoms with E-state index in [-0.39, 0.29) is 24.0 Å². The third-order valence-corrected chi connectivity index (χ3v) is 5.35. The molecule has 0 bridgehead atoms. The molecule has 8 heteroatoms. The molecule has 0 aliphatic carbocycles. The van der Waals surface area contributed by atoms with Gasteiger partial charge in [0.15, 0.2) is 5.96 Å². The van der Waals surface area contributed by atoms with Gasteiger partial charge in [0.1, 0.15) is 11.6 Å². The second kappa shape index (κ2) is 12.7. The van der Waals surface area contributed by atoms with E-state index in [0.717, 1.165) is 62.4 Å². The lowest BCUT2D eigenvalue weighted by Gasteiger charge is -2.33. The van der Waals surface area contributed by atoms with Gasteiger partial charge in [-0.2, -0.15) is 0 Å². The van der Waals surface area contributed by atoms with E-state index in [2.05, 4.69) is 58.2 Å². The number of aromatic nitrogens is 1. The van der Waals surface area contributed by atoms with Gasteiger partial charge in [0.2, 0.25) is 0 Å². The monoisotopic (exact) mass is 538 g/mol. The molecule has 7 nitrogen and oxygen atoms in total. The van der Waals surface area contributed by atoms with Crippen molar-refractivity contribution in [3.63, 3.8) is 0 Å². The number of ether oxygens (including phenoxy) is 1. The first-order chi connectivity index (χ1) is 14.6. The predicted octanol–water partition coefficient (Wildman–Crippen LogP) is 3.06. The molecule has 0 radical (unpaired) electrons. The van der Waals surface area contributed by atoms with Gasteiger partial charge in [-0.15, -0.1) is 24.0 Å². The standard InChI is InChI=1S/C23H34N6O.HI/c1-5-24-23(28(3)18-20-8-6-7-9-21(20)30-4)26-17-19-10-11-25-22(16-19)29-14-12-27(2)13-15-29;/h6-11,16H,5,12-15,17-18H2,1-4H3,(H,24,26);1H. The predicted molar refractivity (Wildman–Crippen MR) is 139 cm³/mol. The van der Waals surface area contributed by atoms with Crippen LogP contribution in [0.1, 0.15) is 18.1 Å². The van der Waals surface area contributed by atoms with E-state index < -0.39 is 0 Å². The van der Waals surface area contributed by atoms with Gasteiger partial charge in [-0.25, -0.2) is 9.98 Å². The number of hydrogen-bond donors (Lipinski definition) is 1. The Hall–Kier alpha value is -2.07. The number of para-hydroxylation sites is 1. The van der Waals surface area contributed by atoms with E-state index >= 15 is 0 Å². The Labute approximate surface area is 203 Å². The van der Waals surface area contributed by atoms with Gasteiger partial charge in [0.25, 0.3) is 0 Å². The van der Waals surface area contributed by atoms with Crippen LogP contribution in [0.2, 0.25) is 0 Å². The number of benzene rings is 1. The smallest absolute Gasteiger partial charge is 0.194 e. The Morgan fingerprint density at radius 3 is 2.65 bits per heavy atom. The van der Waals surface area contributed by atoms with E-state index in [1.165, 1.54) is 5.56 Å². The van der Waals surface area contributed by atoms with Crippen LogP contribution in [-0.2, 0) is 13.1 Å². The summed E-state index contributed by atoms with van der Waals surface area (Å²) in [6, 6.07) is 12.3. The molecule has 0 atom stereocenters. The maximum absolute atomic E-state index is 5.49. The minimum atomic E-state index is 0. The van der Waals surface area contributed by atoms with Crippen LogP contribution < -0.4 is 15.0 Å². The SMILES string of the molecule is CCNC(=NCc1ccnc(N2CCN(C)CC2)c1)N(C)Cc1ccccc1OC.I. The zero-order valence-electron chi connectivity index (χ0n) is 19.0. The Kier molecular flexibility index (Phi) is 10.3. The summed E-state index contributed by atoms with van der Waals surface area (Å²) in [7, 11) is 5.93. The zero-order chi connectivity index (χ0) is 21.3. The third-order valence-electron chi connectivity index (χ3n) is 5.35. The van der Waals surface area contributed by atoms with Gasteiger partial charge >= 0.3 is 0 Å². The number of hydrogen-bond acceptors (Lipinski definition) is 5. The third kappa shape index (κ3) is 7.24. The van der Waals surface area contributed by atoms with Crippen LogP contribution in [0.15, 0.2) is 47.6 Å². The molecule has 0 spiro atoms. The number of guanidine groups is 1. The van der Waals surface area contributed by atoms with Crippen molar-refractivity contribution in [2.75, 3.05) is 58.8 Å². The summed E-state index contributed by atoms with van der Waals surface area (Å²) >= 11 is 0. The first kappa shape index (κ1) is 25.2. The molecule has 1 aliphatic rings. The molecule has 1 aliphatic heterocycles. The lowest BCUT2D eigenvalue weighted by atomic mass is 10.2. The van der Waals surface area contributed by atoms with Crippen molar-refractivity contribution in [2.24, 2.45) is 4.99 Å². The summed E-state index contributed by atoms with van der Waals surface area (Å²) in [6.45, 7) is 8.41. The summed E-state index contributed by atoms with van der Waals surface area (Å²) < 4.78 is 5.49. The highest BCUT2D eigenvalue weighted by Gasteiger charge is 2.15. The zero-order valence-corrected chi connectivity index (χ0v) is 21.4. The van der Waals surface area contributed by atoms with Crippen molar-refractivity contribution in [3.8, 4) is 5.75 Å². The van der Waals surface area contributed by atoms with E-state index in [0.29, 0.717) is 6.54 Å². The molecule has 3 rings (SSSR count). The minimum absolute atomic E-state index is 0. The van der Waals surface area contributed by atoms with Crippen LogP contribution in [0.3, 0.4) is 0 Å². The van der Waals surface area contributed by atoms with Crippen LogP contribution >= 0.6 is 24.0 Å². The Balaban J connectivity index is 0.00000341. The molecule has 0 amide bonds. The van der Waals surface area contributed by atoms with Gasteiger partial charge < -0.3 is 24.8 Å². The lowest BCUT2D eigenvalue weighted by molar-refractivity contribution is 0.312. The van der Waals surface area contributed by atoms with E-state index in [9.17, 15) is 0 Å². The number of nitrogens with zero attached hydrogens (tertiary/aromatic N) is 5. The number of halogens is 1. The Morgan fingerprint density at radius 2 is 1.94 bits per heavy atom. The van der Waals surface area contributed by atoms with E-state index in [1.54, 1.807) is 7.11 Å². The second-order valence-corrected chi connectivity index (χ2v) is 7.65. The molecule has 1 fully saturated rings. The molecule has 2 aromatic rings. The molecular formula is C23H35IN6O. The topological polar surface area (TPSA) is 56.2 Å². The van der Waals surface area contributed by atoms with Crippen LogP contribution in [0, 0.1) is 0 Å². The molecule has 170 valence electrons. The number of rotatable bonds is 7. The molecule has 1 aromatic heterocycles. The van der Waals surface area contributed by atoms with Crippen molar-refractivity contribution < 1.29 is 4.74 Å². The summed E-state index contributed by atoms with van der Waals surface area (Å²) in [6.07, 6.45) is 1.89.